The van der Waals surface area contributed by atoms with Crippen LogP contribution in [0.2, 0.25) is 0 Å². The van der Waals surface area contributed by atoms with Gasteiger partial charge in [0.2, 0.25) is 0 Å². The molecule has 20 heavy (non-hydrogen) atoms. The second-order valence-electron chi connectivity index (χ2n) is 4.75. The highest BCUT2D eigenvalue weighted by Crippen LogP contribution is 2.17. The molecule has 4 heteroatoms. The lowest BCUT2D eigenvalue weighted by atomic mass is 9.97. The summed E-state index contributed by atoms with van der Waals surface area (Å²) >= 11 is 0. The Morgan fingerprint density at radius 1 is 1.15 bits per heavy atom. The van der Waals surface area contributed by atoms with Gasteiger partial charge in [-0.1, -0.05) is 50.6 Å². The number of unbranched alkanes of at least 4 members (excludes halogenated alkanes) is 1. The third-order valence-electron chi connectivity index (χ3n) is 3.33. The van der Waals surface area contributed by atoms with Gasteiger partial charge in [0.25, 0.3) is 0 Å². The number of hydrogen-bond donors (Lipinski definition) is 2. The second kappa shape index (κ2) is 12.0. The molecule has 2 N–H and O–H groups in total. The molecular formula is C16H28IN3. The fraction of sp³-hybridized carbons (Fsp3) is 0.562. The lowest BCUT2D eigenvalue weighted by molar-refractivity contribution is 0.626. The molecule has 0 aromatic heterocycles. The van der Waals surface area contributed by atoms with Crippen molar-refractivity contribution in [1.29, 1.82) is 0 Å². The van der Waals surface area contributed by atoms with Crippen LogP contribution in [0.25, 0.3) is 0 Å². The number of hydrogen-bond acceptors (Lipinski definition) is 1. The first-order chi connectivity index (χ1) is 9.31. The number of aliphatic imine (C=N–C) groups is 1. The van der Waals surface area contributed by atoms with E-state index in [-0.39, 0.29) is 24.0 Å². The molecule has 0 aliphatic carbocycles. The third kappa shape index (κ3) is 7.12. The van der Waals surface area contributed by atoms with Crippen molar-refractivity contribution in [3.8, 4) is 0 Å². The first kappa shape index (κ1) is 19.2. The highest BCUT2D eigenvalue weighted by Gasteiger charge is 2.09. The zero-order chi connectivity index (χ0) is 13.9. The Hall–Kier alpha value is -0.780. The van der Waals surface area contributed by atoms with E-state index in [0.29, 0.717) is 5.92 Å². The molecule has 3 nitrogen and oxygen atoms in total. The van der Waals surface area contributed by atoms with Crippen LogP contribution in [0.5, 0.6) is 0 Å². The SMILES string of the molecule is CCCCNC(=NC)NCC(CC)c1ccccc1.I. The van der Waals surface area contributed by atoms with Crippen LogP contribution in [0.3, 0.4) is 0 Å². The Morgan fingerprint density at radius 2 is 1.85 bits per heavy atom. The van der Waals surface area contributed by atoms with Crippen LogP contribution in [0.4, 0.5) is 0 Å². The maximum atomic E-state index is 4.25. The van der Waals surface area contributed by atoms with Crippen LogP contribution < -0.4 is 10.6 Å². The van der Waals surface area contributed by atoms with Crippen molar-refractivity contribution in [3.05, 3.63) is 35.9 Å². The minimum atomic E-state index is 0. The molecular weight excluding hydrogens is 361 g/mol. The Morgan fingerprint density at radius 3 is 2.40 bits per heavy atom. The molecule has 1 rings (SSSR count). The van der Waals surface area contributed by atoms with Crippen molar-refractivity contribution < 1.29 is 0 Å². The average molecular weight is 389 g/mol. The zero-order valence-electron chi connectivity index (χ0n) is 12.9. The van der Waals surface area contributed by atoms with Gasteiger partial charge in [0, 0.05) is 26.1 Å². The van der Waals surface area contributed by atoms with Gasteiger partial charge in [-0.25, -0.2) is 0 Å². The molecule has 1 atom stereocenters. The monoisotopic (exact) mass is 389 g/mol. The van der Waals surface area contributed by atoms with Crippen LogP contribution in [-0.2, 0) is 0 Å². The number of halogens is 1. The molecule has 0 saturated carbocycles. The van der Waals surface area contributed by atoms with E-state index in [4.69, 9.17) is 0 Å². The van der Waals surface area contributed by atoms with Crippen molar-refractivity contribution in [2.24, 2.45) is 4.99 Å². The normalized spacial score (nSPS) is 12.4. The Balaban J connectivity index is 0.00000361. The lowest BCUT2D eigenvalue weighted by Gasteiger charge is -2.18. The summed E-state index contributed by atoms with van der Waals surface area (Å²) in [4.78, 5) is 4.25. The standard InChI is InChI=1S/C16H27N3.HI/c1-4-6-12-18-16(17-3)19-13-14(5-2)15-10-8-7-9-11-15;/h7-11,14H,4-6,12-13H2,1-3H3,(H2,17,18,19);1H. The van der Waals surface area contributed by atoms with Gasteiger partial charge in [0.05, 0.1) is 0 Å². The molecule has 0 radical (unpaired) electrons. The maximum absolute atomic E-state index is 4.25. The molecule has 0 spiro atoms. The molecule has 0 bridgehead atoms. The van der Waals surface area contributed by atoms with Crippen LogP contribution in [0, 0.1) is 0 Å². The van der Waals surface area contributed by atoms with Crippen LogP contribution >= 0.6 is 24.0 Å². The van der Waals surface area contributed by atoms with Gasteiger partial charge in [-0.15, -0.1) is 24.0 Å². The van der Waals surface area contributed by atoms with Gasteiger partial charge < -0.3 is 10.6 Å². The van der Waals surface area contributed by atoms with Crippen molar-refractivity contribution in [1.82, 2.24) is 10.6 Å². The Kier molecular flexibility index (Phi) is 11.5. The van der Waals surface area contributed by atoms with E-state index in [1.807, 2.05) is 7.05 Å². The van der Waals surface area contributed by atoms with E-state index in [0.717, 1.165) is 25.5 Å². The molecule has 1 unspecified atom stereocenters. The Bertz CT molecular complexity index is 365. The topological polar surface area (TPSA) is 36.4 Å². The van der Waals surface area contributed by atoms with E-state index >= 15 is 0 Å². The lowest BCUT2D eigenvalue weighted by Crippen LogP contribution is -2.39. The summed E-state index contributed by atoms with van der Waals surface area (Å²) in [5, 5.41) is 6.76. The smallest absolute Gasteiger partial charge is 0.190 e. The van der Waals surface area contributed by atoms with Crippen LogP contribution in [-0.4, -0.2) is 26.1 Å². The summed E-state index contributed by atoms with van der Waals surface area (Å²) in [5.74, 6) is 1.44. The number of nitrogens with zero attached hydrogens (tertiary/aromatic N) is 1. The molecule has 1 aromatic rings. The molecule has 0 aliphatic rings. The minimum absolute atomic E-state index is 0. The zero-order valence-corrected chi connectivity index (χ0v) is 15.2. The number of nitrogens with one attached hydrogen (secondary N) is 2. The van der Waals surface area contributed by atoms with E-state index < -0.39 is 0 Å². The first-order valence-electron chi connectivity index (χ1n) is 7.31. The maximum Gasteiger partial charge on any atom is 0.190 e. The summed E-state index contributed by atoms with van der Waals surface area (Å²) in [6, 6.07) is 10.7. The summed E-state index contributed by atoms with van der Waals surface area (Å²) in [6.07, 6.45) is 3.51. The summed E-state index contributed by atoms with van der Waals surface area (Å²) in [5.41, 5.74) is 1.39. The highest BCUT2D eigenvalue weighted by atomic mass is 127. The van der Waals surface area contributed by atoms with E-state index in [2.05, 4.69) is 59.8 Å². The molecule has 0 aliphatic heterocycles. The number of benzene rings is 1. The average Bonchev–Trinajstić information content (AvgIpc) is 2.47. The van der Waals surface area contributed by atoms with Crippen molar-refractivity contribution in [2.75, 3.05) is 20.1 Å². The Labute approximate surface area is 140 Å². The van der Waals surface area contributed by atoms with Crippen LogP contribution in [0.15, 0.2) is 35.3 Å². The van der Waals surface area contributed by atoms with Gasteiger partial charge in [-0.3, -0.25) is 4.99 Å². The van der Waals surface area contributed by atoms with Crippen molar-refractivity contribution in [2.45, 2.75) is 39.0 Å². The second-order valence-corrected chi connectivity index (χ2v) is 4.75. The highest BCUT2D eigenvalue weighted by molar-refractivity contribution is 14.0. The summed E-state index contributed by atoms with van der Waals surface area (Å²) in [6.45, 7) is 6.33. The van der Waals surface area contributed by atoms with E-state index in [1.54, 1.807) is 0 Å². The van der Waals surface area contributed by atoms with Gasteiger partial charge >= 0.3 is 0 Å². The largest absolute Gasteiger partial charge is 0.356 e. The predicted octanol–water partition coefficient (Wildman–Crippen LogP) is 3.76. The fourth-order valence-corrected chi connectivity index (χ4v) is 2.05. The van der Waals surface area contributed by atoms with Gasteiger partial charge in [0.15, 0.2) is 5.96 Å². The van der Waals surface area contributed by atoms with Crippen molar-refractivity contribution in [3.63, 3.8) is 0 Å². The van der Waals surface area contributed by atoms with Gasteiger partial charge in [-0.05, 0) is 18.4 Å². The van der Waals surface area contributed by atoms with Crippen LogP contribution in [0.1, 0.15) is 44.6 Å². The number of rotatable bonds is 7. The quantitative estimate of drug-likeness (QED) is 0.323. The molecule has 114 valence electrons. The first-order valence-corrected chi connectivity index (χ1v) is 7.31. The minimum Gasteiger partial charge on any atom is -0.356 e. The molecule has 1 aromatic carbocycles. The molecule has 0 fully saturated rings. The fourth-order valence-electron chi connectivity index (χ4n) is 2.05. The van der Waals surface area contributed by atoms with Gasteiger partial charge in [-0.2, -0.15) is 0 Å². The molecule has 0 amide bonds. The van der Waals surface area contributed by atoms with Gasteiger partial charge in [0.1, 0.15) is 0 Å². The van der Waals surface area contributed by atoms with E-state index in [9.17, 15) is 0 Å². The third-order valence-corrected chi connectivity index (χ3v) is 3.33. The summed E-state index contributed by atoms with van der Waals surface area (Å²) in [7, 11) is 1.82. The van der Waals surface area contributed by atoms with E-state index in [1.165, 1.54) is 18.4 Å². The predicted molar refractivity (Wildman–Crippen MR) is 99.2 cm³/mol. The summed E-state index contributed by atoms with van der Waals surface area (Å²) < 4.78 is 0. The molecule has 0 saturated heterocycles. The molecule has 0 heterocycles. The number of guanidine groups is 1. The van der Waals surface area contributed by atoms with Crippen molar-refractivity contribution >= 4 is 29.9 Å².